The van der Waals surface area contributed by atoms with Crippen molar-refractivity contribution in [3.05, 3.63) is 63.6 Å². The molecule has 3 rings (SSSR count). The number of nitrogens with zero attached hydrogens (tertiary/aromatic N) is 2. The first-order chi connectivity index (χ1) is 14.2. The van der Waals surface area contributed by atoms with E-state index in [9.17, 15) is 13.2 Å². The van der Waals surface area contributed by atoms with Crippen LogP contribution in [0.25, 0.3) is 0 Å². The molecule has 0 fully saturated rings. The summed E-state index contributed by atoms with van der Waals surface area (Å²) in [6, 6.07) is 10.9. The van der Waals surface area contributed by atoms with Crippen LogP contribution in [0.15, 0.2) is 46.8 Å². The molecule has 0 spiro atoms. The summed E-state index contributed by atoms with van der Waals surface area (Å²) >= 11 is 12.6. The lowest BCUT2D eigenvalue weighted by Gasteiger charge is -2.16. The number of rotatable bonds is 7. The van der Waals surface area contributed by atoms with E-state index in [1.165, 1.54) is 25.3 Å². The second kappa shape index (κ2) is 9.27. The standard InChI is InChI=1S/C18H16Cl2N4O4S2/c1-10(12-5-3-4-6-15(12)28-2)24-30(26,27)18-23-22-17(29-18)21-16(25)13-8-7-11(19)9-14(13)20/h3-10,24H,1-2H3,(H,21,22,25). The number of hydrogen-bond acceptors (Lipinski definition) is 7. The fraction of sp³-hybridized carbons (Fsp3) is 0.167. The van der Waals surface area contributed by atoms with Gasteiger partial charge in [0.15, 0.2) is 0 Å². The average molecular weight is 487 g/mol. The molecule has 1 unspecified atom stereocenters. The van der Waals surface area contributed by atoms with E-state index in [2.05, 4.69) is 20.2 Å². The van der Waals surface area contributed by atoms with Crippen molar-refractivity contribution in [1.29, 1.82) is 0 Å². The number of nitrogens with one attached hydrogen (secondary N) is 2. The van der Waals surface area contributed by atoms with Crippen molar-refractivity contribution in [2.45, 2.75) is 17.3 Å². The Bertz CT molecular complexity index is 1180. The van der Waals surface area contributed by atoms with Crippen LogP contribution in [0.2, 0.25) is 10.0 Å². The van der Waals surface area contributed by atoms with E-state index in [0.717, 1.165) is 0 Å². The van der Waals surface area contributed by atoms with Gasteiger partial charge in [0, 0.05) is 16.6 Å². The van der Waals surface area contributed by atoms with Crippen molar-refractivity contribution < 1.29 is 17.9 Å². The highest BCUT2D eigenvalue weighted by Gasteiger charge is 2.25. The Labute approximate surface area is 187 Å². The van der Waals surface area contributed by atoms with Gasteiger partial charge in [-0.1, -0.05) is 52.7 Å². The number of sulfonamides is 1. The molecule has 2 N–H and O–H groups in total. The summed E-state index contributed by atoms with van der Waals surface area (Å²) in [7, 11) is -2.47. The molecule has 0 bridgehead atoms. The van der Waals surface area contributed by atoms with E-state index in [0.29, 0.717) is 27.7 Å². The van der Waals surface area contributed by atoms with Crippen molar-refractivity contribution in [2.24, 2.45) is 0 Å². The van der Waals surface area contributed by atoms with Gasteiger partial charge in [-0.3, -0.25) is 10.1 Å². The maximum atomic E-state index is 12.7. The molecule has 1 atom stereocenters. The number of carbonyl (C=O) groups excluding carboxylic acids is 1. The van der Waals surface area contributed by atoms with Gasteiger partial charge in [-0.15, -0.1) is 10.2 Å². The Hall–Kier alpha value is -2.24. The van der Waals surface area contributed by atoms with Gasteiger partial charge in [-0.2, -0.15) is 0 Å². The molecule has 1 heterocycles. The minimum atomic E-state index is -3.98. The molecule has 0 saturated carbocycles. The van der Waals surface area contributed by atoms with E-state index in [4.69, 9.17) is 27.9 Å². The first-order valence-corrected chi connectivity index (χ1v) is 11.5. The monoisotopic (exact) mass is 486 g/mol. The summed E-state index contributed by atoms with van der Waals surface area (Å²) < 4.78 is 32.9. The SMILES string of the molecule is COc1ccccc1C(C)NS(=O)(=O)c1nnc(NC(=O)c2ccc(Cl)cc2Cl)s1. The highest BCUT2D eigenvalue weighted by Crippen LogP contribution is 2.28. The zero-order valence-corrected chi connectivity index (χ0v) is 18.9. The summed E-state index contributed by atoms with van der Waals surface area (Å²) in [5.74, 6) is -0.00938. The Morgan fingerprint density at radius 1 is 1.17 bits per heavy atom. The summed E-state index contributed by atoms with van der Waals surface area (Å²) in [6.07, 6.45) is 0. The second-order valence-corrected chi connectivity index (χ2v) is 9.75. The van der Waals surface area contributed by atoms with Crippen molar-refractivity contribution in [3.8, 4) is 5.75 Å². The Kier molecular flexibility index (Phi) is 6.94. The zero-order valence-electron chi connectivity index (χ0n) is 15.7. The van der Waals surface area contributed by atoms with Crippen molar-refractivity contribution in [2.75, 3.05) is 12.4 Å². The van der Waals surface area contributed by atoms with Crippen LogP contribution >= 0.6 is 34.5 Å². The van der Waals surface area contributed by atoms with Crippen LogP contribution in [0.5, 0.6) is 5.75 Å². The van der Waals surface area contributed by atoms with Crippen LogP contribution in [0.3, 0.4) is 0 Å². The number of hydrogen-bond donors (Lipinski definition) is 2. The third-order valence-electron chi connectivity index (χ3n) is 3.97. The highest BCUT2D eigenvalue weighted by atomic mass is 35.5. The van der Waals surface area contributed by atoms with Gasteiger partial charge < -0.3 is 4.74 Å². The van der Waals surface area contributed by atoms with Crippen LogP contribution in [0.1, 0.15) is 28.9 Å². The molecular formula is C18H16Cl2N4O4S2. The van der Waals surface area contributed by atoms with Gasteiger partial charge in [0.05, 0.1) is 17.7 Å². The smallest absolute Gasteiger partial charge is 0.270 e. The fourth-order valence-corrected chi connectivity index (χ4v) is 5.21. The Balaban J connectivity index is 1.75. The van der Waals surface area contributed by atoms with Gasteiger partial charge in [0.2, 0.25) is 9.47 Å². The fourth-order valence-electron chi connectivity index (χ4n) is 2.58. The highest BCUT2D eigenvalue weighted by molar-refractivity contribution is 7.91. The lowest BCUT2D eigenvalue weighted by molar-refractivity contribution is 0.102. The normalized spacial score (nSPS) is 12.4. The lowest BCUT2D eigenvalue weighted by Crippen LogP contribution is -2.27. The molecule has 0 radical (unpaired) electrons. The number of methoxy groups -OCH3 is 1. The van der Waals surface area contributed by atoms with Gasteiger partial charge in [0.1, 0.15) is 5.75 Å². The van der Waals surface area contributed by atoms with Gasteiger partial charge in [0.25, 0.3) is 15.9 Å². The number of halogens is 2. The van der Waals surface area contributed by atoms with Crippen molar-refractivity contribution in [3.63, 3.8) is 0 Å². The van der Waals surface area contributed by atoms with Crippen LogP contribution in [-0.2, 0) is 10.0 Å². The number of amides is 1. The van der Waals surface area contributed by atoms with E-state index in [-0.39, 0.29) is 20.1 Å². The van der Waals surface area contributed by atoms with Gasteiger partial charge in [-0.25, -0.2) is 13.1 Å². The average Bonchev–Trinajstić information content (AvgIpc) is 3.17. The molecule has 1 amide bonds. The second-order valence-electron chi connectivity index (χ2n) is 6.04. The molecule has 0 aliphatic carbocycles. The summed E-state index contributed by atoms with van der Waals surface area (Å²) in [5, 5.41) is 10.4. The molecule has 0 aliphatic heterocycles. The van der Waals surface area contributed by atoms with Crippen molar-refractivity contribution in [1.82, 2.24) is 14.9 Å². The molecule has 158 valence electrons. The molecular weight excluding hydrogens is 471 g/mol. The summed E-state index contributed by atoms with van der Waals surface area (Å²) in [4.78, 5) is 12.4. The minimum absolute atomic E-state index is 0.0105. The van der Waals surface area contributed by atoms with Crippen LogP contribution in [0, 0.1) is 0 Å². The number of anilines is 1. The minimum Gasteiger partial charge on any atom is -0.496 e. The van der Waals surface area contributed by atoms with Gasteiger partial charge in [-0.05, 0) is 31.2 Å². The van der Waals surface area contributed by atoms with Gasteiger partial charge >= 0.3 is 0 Å². The lowest BCUT2D eigenvalue weighted by atomic mass is 10.1. The summed E-state index contributed by atoms with van der Waals surface area (Å²) in [6.45, 7) is 1.68. The first-order valence-electron chi connectivity index (χ1n) is 8.46. The largest absolute Gasteiger partial charge is 0.496 e. The first kappa shape index (κ1) is 22.4. The molecule has 12 heteroatoms. The predicted octanol–water partition coefficient (Wildman–Crippen LogP) is 4.15. The number of carbonyl (C=O) groups is 1. The maximum Gasteiger partial charge on any atom is 0.270 e. The van der Waals surface area contributed by atoms with Crippen LogP contribution in [-0.4, -0.2) is 31.6 Å². The zero-order chi connectivity index (χ0) is 21.9. The number of benzene rings is 2. The molecule has 3 aromatic rings. The quantitative estimate of drug-likeness (QED) is 0.485. The topological polar surface area (TPSA) is 110 Å². The van der Waals surface area contributed by atoms with Crippen LogP contribution < -0.4 is 14.8 Å². The molecule has 1 aromatic heterocycles. The summed E-state index contributed by atoms with van der Waals surface area (Å²) in [5.41, 5.74) is 0.836. The maximum absolute atomic E-state index is 12.7. The van der Waals surface area contributed by atoms with E-state index in [1.54, 1.807) is 31.2 Å². The molecule has 0 aliphatic rings. The van der Waals surface area contributed by atoms with Crippen molar-refractivity contribution >= 4 is 55.6 Å². The molecule has 8 nitrogen and oxygen atoms in total. The molecule has 30 heavy (non-hydrogen) atoms. The number of ether oxygens (including phenoxy) is 1. The Morgan fingerprint density at radius 2 is 1.90 bits per heavy atom. The van der Waals surface area contributed by atoms with E-state index in [1.807, 2.05) is 0 Å². The Morgan fingerprint density at radius 3 is 2.60 bits per heavy atom. The van der Waals surface area contributed by atoms with Crippen LogP contribution in [0.4, 0.5) is 5.13 Å². The molecule has 0 saturated heterocycles. The third kappa shape index (κ3) is 5.08. The number of aromatic nitrogens is 2. The molecule has 2 aromatic carbocycles. The van der Waals surface area contributed by atoms with E-state index >= 15 is 0 Å². The predicted molar refractivity (Wildman–Crippen MR) is 116 cm³/mol. The number of para-hydroxylation sites is 1. The third-order valence-corrected chi connectivity index (χ3v) is 7.26. The van der Waals surface area contributed by atoms with E-state index < -0.39 is 22.0 Å².